The Hall–Kier alpha value is -2.90. The van der Waals surface area contributed by atoms with Crippen LogP contribution in [-0.4, -0.2) is 20.3 Å². The molecule has 0 aliphatic carbocycles. The highest BCUT2D eigenvalue weighted by atomic mass is 35.5. The molecule has 0 fully saturated rings. The van der Waals surface area contributed by atoms with Crippen molar-refractivity contribution in [1.29, 1.82) is 0 Å². The molecular weight excluding hydrogens is 396 g/mol. The minimum absolute atomic E-state index is 0.0545. The number of hydrogen-bond donors (Lipinski definition) is 1. The Morgan fingerprint density at radius 2 is 2.07 bits per heavy atom. The van der Waals surface area contributed by atoms with E-state index in [2.05, 4.69) is 9.97 Å². The first kappa shape index (κ1) is 18.5. The first-order valence-electron chi connectivity index (χ1n) is 8.64. The number of nitrogens with zero attached hydrogens (tertiary/aromatic N) is 3. The fourth-order valence-corrected chi connectivity index (χ4v) is 4.24. The second kappa shape index (κ2) is 7.61. The summed E-state index contributed by atoms with van der Waals surface area (Å²) in [5.41, 5.74) is 7.91. The number of nitrogens with two attached hydrogens (primary N) is 1. The Labute approximate surface area is 170 Å². The van der Waals surface area contributed by atoms with Crippen LogP contribution in [0.25, 0.3) is 16.3 Å². The number of ether oxygens (including phenoxy) is 1. The lowest BCUT2D eigenvalue weighted by molar-refractivity contribution is -0.117. The minimum atomic E-state index is -0.441. The lowest BCUT2D eigenvalue weighted by atomic mass is 10.1. The van der Waals surface area contributed by atoms with E-state index in [4.69, 9.17) is 22.1 Å². The molecule has 3 aromatic heterocycles. The van der Waals surface area contributed by atoms with Crippen molar-refractivity contribution in [3.05, 3.63) is 70.3 Å². The Bertz CT molecular complexity index is 1150. The Morgan fingerprint density at radius 1 is 1.29 bits per heavy atom. The van der Waals surface area contributed by atoms with Crippen molar-refractivity contribution in [3.63, 3.8) is 0 Å². The van der Waals surface area contributed by atoms with Gasteiger partial charge in [0.25, 0.3) is 0 Å². The number of primary amides is 1. The molecule has 8 heteroatoms. The SMILES string of the molecule is CC(Oc1nc(-c2cnc3ccccn23)sc1CC(N)=O)c1ccccc1Cl. The number of rotatable bonds is 6. The minimum Gasteiger partial charge on any atom is -0.469 e. The third-order valence-electron chi connectivity index (χ3n) is 4.26. The smallest absolute Gasteiger partial charge is 0.229 e. The molecule has 4 rings (SSSR count). The molecule has 28 heavy (non-hydrogen) atoms. The zero-order valence-corrected chi connectivity index (χ0v) is 16.6. The maximum atomic E-state index is 11.5. The monoisotopic (exact) mass is 412 g/mol. The van der Waals surface area contributed by atoms with Crippen molar-refractivity contribution in [2.75, 3.05) is 0 Å². The summed E-state index contributed by atoms with van der Waals surface area (Å²) in [6.45, 7) is 1.89. The number of amides is 1. The van der Waals surface area contributed by atoms with Gasteiger partial charge in [0.1, 0.15) is 22.5 Å². The van der Waals surface area contributed by atoms with Crippen LogP contribution in [0.4, 0.5) is 0 Å². The van der Waals surface area contributed by atoms with E-state index in [9.17, 15) is 4.79 Å². The topological polar surface area (TPSA) is 82.5 Å². The van der Waals surface area contributed by atoms with Gasteiger partial charge < -0.3 is 10.5 Å². The van der Waals surface area contributed by atoms with Gasteiger partial charge in [-0.2, -0.15) is 4.98 Å². The number of benzene rings is 1. The molecule has 6 nitrogen and oxygen atoms in total. The van der Waals surface area contributed by atoms with Crippen molar-refractivity contribution >= 4 is 34.5 Å². The van der Waals surface area contributed by atoms with Gasteiger partial charge in [-0.05, 0) is 25.1 Å². The first-order valence-corrected chi connectivity index (χ1v) is 9.84. The van der Waals surface area contributed by atoms with Gasteiger partial charge in [-0.1, -0.05) is 35.9 Å². The van der Waals surface area contributed by atoms with Gasteiger partial charge in [0.2, 0.25) is 11.8 Å². The van der Waals surface area contributed by atoms with E-state index in [-0.39, 0.29) is 12.5 Å². The van der Waals surface area contributed by atoms with E-state index in [0.29, 0.717) is 20.8 Å². The Morgan fingerprint density at radius 3 is 2.86 bits per heavy atom. The molecule has 0 saturated carbocycles. The van der Waals surface area contributed by atoms with E-state index in [1.165, 1.54) is 11.3 Å². The summed E-state index contributed by atoms with van der Waals surface area (Å²) in [5.74, 6) is -0.0549. The number of thiazole rings is 1. The van der Waals surface area contributed by atoms with Crippen LogP contribution in [0.3, 0.4) is 0 Å². The summed E-state index contributed by atoms with van der Waals surface area (Å²) < 4.78 is 8.02. The van der Waals surface area contributed by atoms with Crippen molar-refractivity contribution < 1.29 is 9.53 Å². The van der Waals surface area contributed by atoms with Crippen molar-refractivity contribution in [2.45, 2.75) is 19.4 Å². The fourth-order valence-electron chi connectivity index (χ4n) is 2.94. The fraction of sp³-hybridized carbons (Fsp3) is 0.150. The van der Waals surface area contributed by atoms with Gasteiger partial charge in [0.15, 0.2) is 0 Å². The zero-order valence-electron chi connectivity index (χ0n) is 15.0. The quantitative estimate of drug-likeness (QED) is 0.512. The summed E-state index contributed by atoms with van der Waals surface area (Å²) in [5, 5.41) is 1.32. The van der Waals surface area contributed by atoms with Crippen LogP contribution < -0.4 is 10.5 Å². The summed E-state index contributed by atoms with van der Waals surface area (Å²) >= 11 is 7.65. The predicted octanol–water partition coefficient (Wildman–Crippen LogP) is 4.28. The molecule has 3 heterocycles. The number of aromatic nitrogens is 3. The predicted molar refractivity (Wildman–Crippen MR) is 110 cm³/mol. The average molecular weight is 413 g/mol. The van der Waals surface area contributed by atoms with Crippen molar-refractivity contribution in [2.24, 2.45) is 5.73 Å². The van der Waals surface area contributed by atoms with Gasteiger partial charge in [-0.25, -0.2) is 4.98 Å². The number of imidazole rings is 1. The summed E-state index contributed by atoms with van der Waals surface area (Å²) in [7, 11) is 0. The number of carbonyl (C=O) groups is 1. The van der Waals surface area contributed by atoms with Gasteiger partial charge in [0, 0.05) is 16.8 Å². The Balaban J connectivity index is 1.72. The van der Waals surface area contributed by atoms with Gasteiger partial charge in [-0.3, -0.25) is 9.20 Å². The van der Waals surface area contributed by atoms with Crippen LogP contribution in [0.5, 0.6) is 5.88 Å². The highest BCUT2D eigenvalue weighted by Crippen LogP contribution is 2.36. The molecule has 1 unspecified atom stereocenters. The molecule has 4 aromatic rings. The Kier molecular flexibility index (Phi) is 5.02. The normalized spacial score (nSPS) is 12.2. The van der Waals surface area contributed by atoms with Gasteiger partial charge in [0.05, 0.1) is 17.5 Å². The molecule has 0 bridgehead atoms. The van der Waals surface area contributed by atoms with E-state index in [1.54, 1.807) is 6.20 Å². The molecule has 0 aliphatic rings. The number of hydrogen-bond acceptors (Lipinski definition) is 5. The summed E-state index contributed by atoms with van der Waals surface area (Å²) in [6.07, 6.45) is 3.39. The number of halogens is 1. The lowest BCUT2D eigenvalue weighted by Gasteiger charge is -2.15. The number of pyridine rings is 1. The highest BCUT2D eigenvalue weighted by molar-refractivity contribution is 7.15. The van der Waals surface area contributed by atoms with Gasteiger partial charge in [-0.15, -0.1) is 11.3 Å². The highest BCUT2D eigenvalue weighted by Gasteiger charge is 2.21. The van der Waals surface area contributed by atoms with Crippen LogP contribution in [-0.2, 0) is 11.2 Å². The van der Waals surface area contributed by atoms with Gasteiger partial charge >= 0.3 is 0 Å². The molecule has 2 N–H and O–H groups in total. The molecule has 1 aromatic carbocycles. The van der Waals surface area contributed by atoms with Crippen LogP contribution >= 0.6 is 22.9 Å². The summed E-state index contributed by atoms with van der Waals surface area (Å²) in [6, 6.07) is 13.2. The largest absolute Gasteiger partial charge is 0.469 e. The van der Waals surface area contributed by atoms with Crippen LogP contribution in [0.2, 0.25) is 5.02 Å². The second-order valence-corrected chi connectivity index (χ2v) is 7.74. The lowest BCUT2D eigenvalue weighted by Crippen LogP contribution is -2.14. The third-order valence-corrected chi connectivity index (χ3v) is 5.67. The molecular formula is C20H17ClN4O2S. The van der Waals surface area contributed by atoms with Crippen molar-refractivity contribution in [3.8, 4) is 16.6 Å². The summed E-state index contributed by atoms with van der Waals surface area (Å²) in [4.78, 5) is 21.2. The van der Waals surface area contributed by atoms with Crippen molar-refractivity contribution in [1.82, 2.24) is 14.4 Å². The van der Waals surface area contributed by atoms with E-state index < -0.39 is 5.91 Å². The third kappa shape index (κ3) is 3.58. The van der Waals surface area contributed by atoms with Crippen LogP contribution in [0.1, 0.15) is 23.5 Å². The number of carbonyl (C=O) groups excluding carboxylic acids is 1. The maximum Gasteiger partial charge on any atom is 0.229 e. The maximum absolute atomic E-state index is 11.5. The molecule has 1 atom stereocenters. The van der Waals surface area contributed by atoms with Crippen LogP contribution in [0, 0.1) is 0 Å². The van der Waals surface area contributed by atoms with E-state index >= 15 is 0 Å². The first-order chi connectivity index (χ1) is 13.5. The van der Waals surface area contributed by atoms with Crippen LogP contribution in [0.15, 0.2) is 54.9 Å². The molecule has 1 amide bonds. The second-order valence-electron chi connectivity index (χ2n) is 6.24. The zero-order chi connectivity index (χ0) is 19.7. The average Bonchev–Trinajstić information content (AvgIpc) is 3.25. The molecule has 0 spiro atoms. The molecule has 0 saturated heterocycles. The standard InChI is InChI=1S/C20H17ClN4O2S/c1-12(13-6-2-3-7-14(13)21)27-19-16(10-17(22)26)28-20(24-19)15-11-23-18-8-4-5-9-25(15)18/h2-9,11-12H,10H2,1H3,(H2,22,26). The molecule has 0 aliphatic heterocycles. The molecule has 0 radical (unpaired) electrons. The van der Waals surface area contributed by atoms with E-state index in [0.717, 1.165) is 16.9 Å². The molecule has 142 valence electrons. The van der Waals surface area contributed by atoms with E-state index in [1.807, 2.05) is 60.0 Å². The number of fused-ring (bicyclic) bond motifs is 1.